The van der Waals surface area contributed by atoms with Crippen molar-refractivity contribution in [3.63, 3.8) is 0 Å². The largest absolute Gasteiger partial charge is 0.452 e. The normalized spacial score (nSPS) is 18.7. The molecule has 154 valence electrons. The van der Waals surface area contributed by atoms with Crippen molar-refractivity contribution in [3.8, 4) is 0 Å². The Morgan fingerprint density at radius 1 is 0.964 bits per heavy atom. The van der Waals surface area contributed by atoms with E-state index < -0.39 is 16.0 Å². The maximum atomic E-state index is 12.8. The molecule has 0 atom stereocenters. The number of halogens is 1. The van der Waals surface area contributed by atoms with Crippen molar-refractivity contribution >= 4 is 33.5 Å². The minimum Gasteiger partial charge on any atom is -0.452 e. The van der Waals surface area contributed by atoms with E-state index in [0.717, 1.165) is 38.5 Å². The first-order chi connectivity index (χ1) is 13.4. The second kappa shape index (κ2) is 9.24. The van der Waals surface area contributed by atoms with Crippen molar-refractivity contribution in [1.29, 1.82) is 0 Å². The van der Waals surface area contributed by atoms with E-state index in [2.05, 4.69) is 0 Å². The highest BCUT2D eigenvalue weighted by molar-refractivity contribution is 7.89. The number of nitrogens with zero attached hydrogens (tertiary/aromatic N) is 2. The Bertz CT molecular complexity index is 831. The lowest BCUT2D eigenvalue weighted by Crippen LogP contribution is -2.38. The van der Waals surface area contributed by atoms with Crippen molar-refractivity contribution in [1.82, 2.24) is 9.21 Å². The number of esters is 1. The molecule has 2 aliphatic rings. The van der Waals surface area contributed by atoms with Gasteiger partial charge >= 0.3 is 5.97 Å². The fourth-order valence-corrected chi connectivity index (χ4v) is 5.25. The molecule has 2 heterocycles. The number of ether oxygens (including phenoxy) is 1. The van der Waals surface area contributed by atoms with E-state index in [-0.39, 0.29) is 28.0 Å². The first kappa shape index (κ1) is 21.1. The van der Waals surface area contributed by atoms with Crippen LogP contribution in [-0.4, -0.2) is 62.3 Å². The molecule has 0 aliphatic carbocycles. The van der Waals surface area contributed by atoms with Gasteiger partial charge in [-0.3, -0.25) is 4.79 Å². The molecule has 0 saturated carbocycles. The van der Waals surface area contributed by atoms with Crippen molar-refractivity contribution < 1.29 is 22.7 Å². The molecule has 1 aromatic carbocycles. The molecule has 1 amide bonds. The molecular weight excluding hydrogens is 404 g/mol. The average Bonchev–Trinajstić information content (AvgIpc) is 2.73. The molecule has 0 bridgehead atoms. The van der Waals surface area contributed by atoms with Crippen LogP contribution in [0.5, 0.6) is 0 Å². The molecule has 3 rings (SSSR count). The third-order valence-electron chi connectivity index (χ3n) is 5.15. The van der Waals surface area contributed by atoms with E-state index in [4.69, 9.17) is 16.3 Å². The van der Waals surface area contributed by atoms with Crippen LogP contribution in [0.1, 0.15) is 48.9 Å². The lowest BCUT2D eigenvalue weighted by atomic mass is 10.1. The van der Waals surface area contributed by atoms with Gasteiger partial charge in [-0.1, -0.05) is 18.0 Å². The topological polar surface area (TPSA) is 84.0 Å². The molecule has 7 nitrogen and oxygen atoms in total. The highest BCUT2D eigenvalue weighted by Gasteiger charge is 2.28. The van der Waals surface area contributed by atoms with E-state index >= 15 is 0 Å². The third kappa shape index (κ3) is 4.85. The van der Waals surface area contributed by atoms with Crippen molar-refractivity contribution in [2.45, 2.75) is 43.4 Å². The highest BCUT2D eigenvalue weighted by atomic mass is 35.5. The summed E-state index contributed by atoms with van der Waals surface area (Å²) in [4.78, 5) is 26.3. The lowest BCUT2D eigenvalue weighted by Gasteiger charge is -2.26. The van der Waals surface area contributed by atoms with Crippen LogP contribution in [0.25, 0.3) is 0 Å². The van der Waals surface area contributed by atoms with Crippen molar-refractivity contribution in [3.05, 3.63) is 28.8 Å². The third-order valence-corrected chi connectivity index (χ3v) is 7.37. The fraction of sp³-hybridized carbons (Fsp3) is 0.579. The van der Waals surface area contributed by atoms with Crippen LogP contribution in [0.15, 0.2) is 23.1 Å². The standard InChI is InChI=1S/C19H25ClN2O5S/c20-17-8-7-15(28(25,26)22-11-5-2-6-12-22)13-16(17)19(24)27-14-18(23)21-9-3-1-4-10-21/h7-8,13H,1-6,9-12,14H2. The molecule has 2 aliphatic heterocycles. The van der Waals surface area contributed by atoms with Crippen LogP contribution in [0, 0.1) is 0 Å². The highest BCUT2D eigenvalue weighted by Crippen LogP contribution is 2.25. The second-order valence-electron chi connectivity index (χ2n) is 7.12. The average molecular weight is 429 g/mol. The summed E-state index contributed by atoms with van der Waals surface area (Å²) >= 11 is 6.09. The molecule has 0 unspecified atom stereocenters. The predicted molar refractivity (Wildman–Crippen MR) is 105 cm³/mol. The number of piperidine rings is 2. The maximum absolute atomic E-state index is 12.8. The van der Waals surface area contributed by atoms with E-state index in [9.17, 15) is 18.0 Å². The number of rotatable bonds is 5. The number of hydrogen-bond acceptors (Lipinski definition) is 5. The fourth-order valence-electron chi connectivity index (χ4n) is 3.52. The molecule has 2 saturated heterocycles. The molecule has 28 heavy (non-hydrogen) atoms. The Kier molecular flexibility index (Phi) is 6.95. The van der Waals surface area contributed by atoms with Crippen LogP contribution in [0.2, 0.25) is 5.02 Å². The molecule has 9 heteroatoms. The smallest absolute Gasteiger partial charge is 0.340 e. The van der Waals surface area contributed by atoms with Crippen LogP contribution >= 0.6 is 11.6 Å². The van der Waals surface area contributed by atoms with Gasteiger partial charge in [0.1, 0.15) is 0 Å². The monoisotopic (exact) mass is 428 g/mol. The summed E-state index contributed by atoms with van der Waals surface area (Å²) in [6.07, 6.45) is 5.64. The number of amides is 1. The summed E-state index contributed by atoms with van der Waals surface area (Å²) in [5, 5.41) is 0.0908. The van der Waals surface area contributed by atoms with Gasteiger partial charge in [-0.15, -0.1) is 0 Å². The Balaban J connectivity index is 1.70. The first-order valence-electron chi connectivity index (χ1n) is 9.64. The summed E-state index contributed by atoms with van der Waals surface area (Å²) < 4.78 is 32.2. The zero-order valence-electron chi connectivity index (χ0n) is 15.7. The molecular formula is C19H25ClN2O5S. The van der Waals surface area contributed by atoms with Gasteiger partial charge in [0.05, 0.1) is 15.5 Å². The van der Waals surface area contributed by atoms with Crippen molar-refractivity contribution in [2.75, 3.05) is 32.8 Å². The molecule has 0 spiro atoms. The molecule has 0 N–H and O–H groups in total. The van der Waals surface area contributed by atoms with Gasteiger partial charge < -0.3 is 9.64 Å². The molecule has 0 radical (unpaired) electrons. The van der Waals surface area contributed by atoms with Crippen LogP contribution < -0.4 is 0 Å². The number of hydrogen-bond donors (Lipinski definition) is 0. The van der Waals surface area contributed by atoms with E-state index in [1.54, 1.807) is 4.90 Å². The van der Waals surface area contributed by atoms with Gasteiger partial charge in [0, 0.05) is 26.2 Å². The summed E-state index contributed by atoms with van der Waals surface area (Å²) in [5.41, 5.74) is -0.0498. The number of carbonyl (C=O) groups is 2. The zero-order valence-corrected chi connectivity index (χ0v) is 17.3. The van der Waals surface area contributed by atoms with Gasteiger partial charge in [-0.2, -0.15) is 4.31 Å². The van der Waals surface area contributed by atoms with E-state index in [1.165, 1.54) is 22.5 Å². The SMILES string of the molecule is O=C(OCC(=O)N1CCCCC1)c1cc(S(=O)(=O)N2CCCCC2)ccc1Cl. The van der Waals surface area contributed by atoms with Gasteiger partial charge in [-0.05, 0) is 50.3 Å². The predicted octanol–water partition coefficient (Wildman–Crippen LogP) is 2.68. The summed E-state index contributed by atoms with van der Waals surface area (Å²) in [5.74, 6) is -1.05. The Hall–Kier alpha value is -1.64. The second-order valence-corrected chi connectivity index (χ2v) is 9.47. The number of likely N-dealkylation sites (tertiary alicyclic amines) is 1. The van der Waals surface area contributed by atoms with Crippen molar-refractivity contribution in [2.24, 2.45) is 0 Å². The first-order valence-corrected chi connectivity index (χ1v) is 11.5. The number of carbonyl (C=O) groups excluding carboxylic acids is 2. The minimum absolute atomic E-state index is 0.00751. The van der Waals surface area contributed by atoms with Gasteiger partial charge in [0.15, 0.2) is 6.61 Å². The lowest BCUT2D eigenvalue weighted by molar-refractivity contribution is -0.135. The summed E-state index contributed by atoms with van der Waals surface area (Å²) in [7, 11) is -3.69. The minimum atomic E-state index is -3.69. The summed E-state index contributed by atoms with van der Waals surface area (Å²) in [6, 6.07) is 4.00. The Labute approximate surface area is 170 Å². The van der Waals surface area contributed by atoms with Gasteiger partial charge in [0.2, 0.25) is 10.0 Å². The molecule has 2 fully saturated rings. The van der Waals surface area contributed by atoms with E-state index in [0.29, 0.717) is 26.2 Å². The van der Waals surface area contributed by atoms with Crippen LogP contribution in [0.4, 0.5) is 0 Å². The summed E-state index contributed by atoms with van der Waals surface area (Å²) in [6.45, 7) is 1.89. The van der Waals surface area contributed by atoms with E-state index in [1.807, 2.05) is 0 Å². The Morgan fingerprint density at radius 3 is 2.21 bits per heavy atom. The molecule has 0 aromatic heterocycles. The number of sulfonamides is 1. The Morgan fingerprint density at radius 2 is 1.57 bits per heavy atom. The zero-order chi connectivity index (χ0) is 20.1. The van der Waals surface area contributed by atoms with Gasteiger partial charge in [-0.25, -0.2) is 13.2 Å². The quantitative estimate of drug-likeness (QED) is 0.673. The molecule has 1 aromatic rings. The van der Waals surface area contributed by atoms with Crippen LogP contribution in [-0.2, 0) is 19.6 Å². The number of benzene rings is 1. The maximum Gasteiger partial charge on any atom is 0.340 e. The van der Waals surface area contributed by atoms with Gasteiger partial charge in [0.25, 0.3) is 5.91 Å². The van der Waals surface area contributed by atoms with Crippen LogP contribution in [0.3, 0.4) is 0 Å².